The van der Waals surface area contributed by atoms with Crippen molar-refractivity contribution in [2.45, 2.75) is 76.5 Å². The molecule has 0 aliphatic carbocycles. The van der Waals surface area contributed by atoms with Gasteiger partial charge in [-0.3, -0.25) is 19.6 Å². The molecule has 0 spiro atoms. The molecule has 3 aliphatic rings. The lowest BCUT2D eigenvalue weighted by Crippen LogP contribution is -2.53. The number of hydrogen-bond acceptors (Lipinski definition) is 11. The Kier molecular flexibility index (Phi) is 12.3. The van der Waals surface area contributed by atoms with E-state index in [1.165, 1.54) is 14.2 Å². The summed E-state index contributed by atoms with van der Waals surface area (Å²) in [7, 11) is 2.59. The van der Waals surface area contributed by atoms with Crippen LogP contribution in [0.25, 0.3) is 44.7 Å². The number of imidazole rings is 2. The number of methoxy groups -OCH3 is 2. The van der Waals surface area contributed by atoms with Gasteiger partial charge in [0.2, 0.25) is 11.8 Å². The van der Waals surface area contributed by atoms with Gasteiger partial charge >= 0.3 is 12.2 Å². The lowest BCUT2D eigenvalue weighted by atomic mass is 9.90. The molecular formula is C44H52N10O7. The van der Waals surface area contributed by atoms with Gasteiger partial charge in [-0.1, -0.05) is 26.0 Å². The molecule has 4 N–H and O–H groups in total. The van der Waals surface area contributed by atoms with E-state index in [4.69, 9.17) is 29.2 Å². The number of likely N-dealkylation sites (tertiary alicyclic amines) is 2. The summed E-state index contributed by atoms with van der Waals surface area (Å²) in [5.74, 6) is 0.944. The average Bonchev–Trinajstić information content (AvgIpc) is 4.14. The Hall–Kier alpha value is -6.36. The van der Waals surface area contributed by atoms with E-state index in [0.29, 0.717) is 50.8 Å². The number of benzene rings is 1. The standard InChI is InChI=1S/C44H52N10O7/c1-25(2)37(51-43(57)59-3)41(55)53-15-5-7-35(53)39-47-23-33(49-39)29-11-12-31(45-21-29)28-10-9-27-19-30(22-46-32(27)20-28)34-24-48-40(50-34)36-8-6-16-54(36)42(56)38(52-44(58)60-4)26-13-17-61-18-14-26/h9-12,19-26,35-38H,5-8,13-18H2,1-4H3,(H,47,49)(H,48,50)(H,51,57)(H,52,58). The van der Waals surface area contributed by atoms with E-state index >= 15 is 0 Å². The van der Waals surface area contributed by atoms with Crippen LogP contribution >= 0.6 is 0 Å². The van der Waals surface area contributed by atoms with Gasteiger partial charge in [0.1, 0.15) is 23.7 Å². The van der Waals surface area contributed by atoms with Crippen LogP contribution < -0.4 is 10.6 Å². The van der Waals surface area contributed by atoms with E-state index < -0.39 is 24.3 Å². The number of aromatic amines is 2. The third-order valence-corrected chi connectivity index (χ3v) is 12.1. The first-order chi connectivity index (χ1) is 29.6. The number of aromatic nitrogens is 6. The highest BCUT2D eigenvalue weighted by molar-refractivity contribution is 5.88. The van der Waals surface area contributed by atoms with E-state index in [1.54, 1.807) is 23.5 Å². The van der Waals surface area contributed by atoms with Crippen LogP contribution in [0.5, 0.6) is 0 Å². The van der Waals surface area contributed by atoms with E-state index in [9.17, 15) is 19.2 Å². The highest BCUT2D eigenvalue weighted by Crippen LogP contribution is 2.36. The Bertz CT molecular complexity index is 2370. The van der Waals surface area contributed by atoms with E-state index in [2.05, 4.69) is 31.7 Å². The van der Waals surface area contributed by atoms with E-state index in [0.717, 1.165) is 70.4 Å². The number of nitrogens with one attached hydrogen (secondary N) is 4. The van der Waals surface area contributed by atoms with Crippen LogP contribution in [0.15, 0.2) is 61.2 Å². The molecule has 4 unspecified atom stereocenters. The molecule has 1 aromatic carbocycles. The fraction of sp³-hybridized carbons (Fsp3) is 0.455. The first-order valence-corrected chi connectivity index (χ1v) is 21.0. The molecule has 7 heterocycles. The quantitative estimate of drug-likeness (QED) is 0.123. The van der Waals surface area contributed by atoms with Crippen LogP contribution in [-0.2, 0) is 23.8 Å². The van der Waals surface area contributed by atoms with Crippen molar-refractivity contribution in [3.05, 3.63) is 72.8 Å². The Morgan fingerprint density at radius 2 is 1.31 bits per heavy atom. The second kappa shape index (κ2) is 18.1. The summed E-state index contributed by atoms with van der Waals surface area (Å²) >= 11 is 0. The fourth-order valence-electron chi connectivity index (χ4n) is 8.76. The molecule has 8 rings (SSSR count). The van der Waals surface area contributed by atoms with Crippen LogP contribution in [-0.4, -0.2) is 116 Å². The number of ether oxygens (including phenoxy) is 3. The molecule has 5 aromatic rings. The number of carbonyl (C=O) groups is 4. The molecule has 3 saturated heterocycles. The number of fused-ring (bicyclic) bond motifs is 1. The van der Waals surface area contributed by atoms with Gasteiger partial charge in [-0.25, -0.2) is 19.6 Å². The minimum absolute atomic E-state index is 0.0397. The summed E-state index contributed by atoms with van der Waals surface area (Å²) in [6, 6.07) is 10.2. The average molecular weight is 833 g/mol. The van der Waals surface area contributed by atoms with Crippen LogP contribution in [0.3, 0.4) is 0 Å². The van der Waals surface area contributed by atoms with Crippen molar-refractivity contribution in [3.63, 3.8) is 0 Å². The number of carbonyl (C=O) groups excluding carboxylic acids is 4. The van der Waals surface area contributed by atoms with Gasteiger partial charge in [-0.15, -0.1) is 0 Å². The minimum atomic E-state index is -0.703. The van der Waals surface area contributed by atoms with E-state index in [-0.39, 0.29) is 35.7 Å². The largest absolute Gasteiger partial charge is 0.453 e. The third-order valence-electron chi connectivity index (χ3n) is 12.1. The number of nitrogens with zero attached hydrogens (tertiary/aromatic N) is 6. The Morgan fingerprint density at radius 1 is 0.705 bits per heavy atom. The number of H-pyrrole nitrogens is 2. The fourth-order valence-corrected chi connectivity index (χ4v) is 8.76. The SMILES string of the molecule is COC(=O)NC(C(=O)N1CCCC1c1ncc(-c2ccc(-c3ccc4cc(-c5cnc(C6CCCN6C(=O)C(NC(=O)OC)C6CCOCC6)[nH]5)cnc4c3)nc2)[nH]1)C(C)C. The van der Waals surface area contributed by atoms with Gasteiger partial charge in [0.15, 0.2) is 0 Å². The van der Waals surface area contributed by atoms with Crippen molar-refractivity contribution >= 4 is 34.9 Å². The lowest BCUT2D eigenvalue weighted by Gasteiger charge is -2.34. The number of alkyl carbamates (subject to hydrolysis) is 2. The minimum Gasteiger partial charge on any atom is -0.453 e. The van der Waals surface area contributed by atoms with Crippen LogP contribution in [0.4, 0.5) is 9.59 Å². The predicted molar refractivity (Wildman–Crippen MR) is 225 cm³/mol. The molecule has 17 heteroatoms. The molecule has 320 valence electrons. The molecule has 17 nitrogen and oxygen atoms in total. The van der Waals surface area contributed by atoms with Gasteiger partial charge in [0, 0.05) is 60.8 Å². The summed E-state index contributed by atoms with van der Waals surface area (Å²) in [6.07, 6.45) is 10.4. The van der Waals surface area contributed by atoms with Crippen LogP contribution in [0.1, 0.15) is 76.1 Å². The summed E-state index contributed by atoms with van der Waals surface area (Å²) in [4.78, 5) is 81.2. The molecule has 4 atom stereocenters. The van der Waals surface area contributed by atoms with Gasteiger partial charge in [-0.2, -0.15) is 0 Å². The highest BCUT2D eigenvalue weighted by Gasteiger charge is 2.41. The van der Waals surface area contributed by atoms with Crippen LogP contribution in [0, 0.1) is 11.8 Å². The molecule has 0 radical (unpaired) electrons. The van der Waals surface area contributed by atoms with Crippen molar-refractivity contribution in [2.75, 3.05) is 40.5 Å². The lowest BCUT2D eigenvalue weighted by molar-refractivity contribution is -0.137. The Morgan fingerprint density at radius 3 is 1.93 bits per heavy atom. The zero-order valence-electron chi connectivity index (χ0n) is 34.8. The topological polar surface area (TPSA) is 210 Å². The maximum atomic E-state index is 14.0. The highest BCUT2D eigenvalue weighted by atomic mass is 16.5. The van der Waals surface area contributed by atoms with Gasteiger partial charge in [0.25, 0.3) is 0 Å². The summed E-state index contributed by atoms with van der Waals surface area (Å²) in [6.45, 7) is 6.04. The van der Waals surface area contributed by atoms with Crippen molar-refractivity contribution in [1.29, 1.82) is 0 Å². The maximum absolute atomic E-state index is 14.0. The second-order valence-corrected chi connectivity index (χ2v) is 16.2. The smallest absolute Gasteiger partial charge is 0.407 e. The van der Waals surface area contributed by atoms with Crippen molar-refractivity contribution in [3.8, 4) is 33.8 Å². The van der Waals surface area contributed by atoms with Crippen molar-refractivity contribution in [2.24, 2.45) is 11.8 Å². The molecular weight excluding hydrogens is 781 g/mol. The summed E-state index contributed by atoms with van der Waals surface area (Å²) < 4.78 is 15.1. The zero-order valence-corrected chi connectivity index (χ0v) is 34.8. The predicted octanol–water partition coefficient (Wildman–Crippen LogP) is 5.94. The van der Waals surface area contributed by atoms with Gasteiger partial charge in [-0.05, 0) is 74.6 Å². The number of pyridine rings is 2. The molecule has 3 fully saturated rings. The first kappa shape index (κ1) is 41.4. The zero-order chi connectivity index (χ0) is 42.6. The molecule has 0 bridgehead atoms. The van der Waals surface area contributed by atoms with Crippen molar-refractivity contribution < 1.29 is 33.4 Å². The first-order valence-electron chi connectivity index (χ1n) is 21.0. The van der Waals surface area contributed by atoms with Crippen molar-refractivity contribution in [1.82, 2.24) is 50.3 Å². The van der Waals surface area contributed by atoms with E-state index in [1.807, 2.05) is 55.3 Å². The summed E-state index contributed by atoms with van der Waals surface area (Å²) in [5, 5.41) is 6.44. The molecule has 4 aromatic heterocycles. The molecule has 0 saturated carbocycles. The third kappa shape index (κ3) is 8.78. The maximum Gasteiger partial charge on any atom is 0.407 e. The Labute approximate surface area is 353 Å². The van der Waals surface area contributed by atoms with Gasteiger partial charge < -0.3 is 44.6 Å². The van der Waals surface area contributed by atoms with Crippen LogP contribution in [0.2, 0.25) is 0 Å². The number of rotatable bonds is 11. The van der Waals surface area contributed by atoms with Gasteiger partial charge in [0.05, 0.1) is 61.3 Å². The summed E-state index contributed by atoms with van der Waals surface area (Å²) in [5.41, 5.74) is 5.83. The molecule has 61 heavy (non-hydrogen) atoms. The second-order valence-electron chi connectivity index (χ2n) is 16.2. The molecule has 4 amide bonds. The number of amides is 4. The monoisotopic (exact) mass is 832 g/mol. The Balaban J connectivity index is 0.936. The normalized spacial score (nSPS) is 19.2. The molecule has 3 aliphatic heterocycles. The number of hydrogen-bond donors (Lipinski definition) is 4.